The second-order valence-corrected chi connectivity index (χ2v) is 3.23. The maximum Gasteiger partial charge on any atom is 0.586 e. The molecule has 0 saturated carbocycles. The zero-order valence-electron chi connectivity index (χ0n) is 5.98. The highest BCUT2D eigenvalue weighted by atomic mass is 79.9. The van der Waals surface area contributed by atoms with Gasteiger partial charge >= 0.3 is 6.29 Å². The van der Waals surface area contributed by atoms with Crippen molar-refractivity contribution in [1.82, 2.24) is 0 Å². The largest absolute Gasteiger partial charge is 0.586 e. The Morgan fingerprint density at radius 3 is 2.31 bits per heavy atom. The third-order valence-electron chi connectivity index (χ3n) is 1.44. The third-order valence-corrected chi connectivity index (χ3v) is 2.05. The van der Waals surface area contributed by atoms with E-state index in [0.717, 1.165) is 12.1 Å². The first kappa shape index (κ1) is 8.68. The van der Waals surface area contributed by atoms with Gasteiger partial charge in [-0.15, -0.1) is 8.78 Å². The van der Waals surface area contributed by atoms with E-state index in [-0.39, 0.29) is 16.0 Å². The fourth-order valence-corrected chi connectivity index (χ4v) is 1.27. The van der Waals surface area contributed by atoms with Crippen LogP contribution in [0.4, 0.5) is 13.2 Å². The van der Waals surface area contributed by atoms with Gasteiger partial charge in [0.1, 0.15) is 5.82 Å². The molecule has 6 heteroatoms. The average molecular weight is 255 g/mol. The molecule has 0 spiro atoms. The van der Waals surface area contributed by atoms with Gasteiger partial charge in [-0.25, -0.2) is 4.39 Å². The number of rotatable bonds is 0. The van der Waals surface area contributed by atoms with Crippen molar-refractivity contribution in [2.24, 2.45) is 0 Å². The smallest absolute Gasteiger partial charge is 0.395 e. The minimum absolute atomic E-state index is 0.0487. The summed E-state index contributed by atoms with van der Waals surface area (Å²) < 4.78 is 45.8. The molecule has 13 heavy (non-hydrogen) atoms. The van der Waals surface area contributed by atoms with E-state index in [9.17, 15) is 13.2 Å². The van der Waals surface area contributed by atoms with Crippen LogP contribution in [0.25, 0.3) is 0 Å². The quantitative estimate of drug-likeness (QED) is 0.709. The third kappa shape index (κ3) is 1.46. The molecule has 1 aromatic rings. The highest BCUT2D eigenvalue weighted by Crippen LogP contribution is 2.43. The van der Waals surface area contributed by atoms with Crippen LogP contribution in [0.5, 0.6) is 11.5 Å². The van der Waals surface area contributed by atoms with Crippen molar-refractivity contribution in [1.29, 1.82) is 0 Å². The Morgan fingerprint density at radius 2 is 1.69 bits per heavy atom. The van der Waals surface area contributed by atoms with Crippen molar-refractivity contribution in [3.8, 4) is 11.5 Å². The summed E-state index contributed by atoms with van der Waals surface area (Å²) in [5, 5.41) is 0. The van der Waals surface area contributed by atoms with E-state index in [0.29, 0.717) is 0 Å². The standard InChI is InChI=1S/C7H2BrF3O2/c8-3-1-5-6(2-4(3)9)13-7(10,11)12-5/h1-2H. The molecule has 1 aromatic carbocycles. The second kappa shape index (κ2) is 2.54. The number of ether oxygens (including phenoxy) is 2. The van der Waals surface area contributed by atoms with Crippen LogP contribution in [-0.4, -0.2) is 6.29 Å². The van der Waals surface area contributed by atoms with Gasteiger partial charge in [0.2, 0.25) is 0 Å². The summed E-state index contributed by atoms with van der Waals surface area (Å²) in [6.45, 7) is 0. The lowest BCUT2D eigenvalue weighted by atomic mass is 10.3. The Balaban J connectivity index is 2.48. The van der Waals surface area contributed by atoms with Gasteiger partial charge in [0, 0.05) is 12.1 Å². The molecule has 0 amide bonds. The SMILES string of the molecule is Fc1cc2c(cc1Br)OC(F)(F)O2. The Hall–Kier alpha value is -0.910. The lowest BCUT2D eigenvalue weighted by Gasteiger charge is -2.04. The van der Waals surface area contributed by atoms with Gasteiger partial charge in [0.25, 0.3) is 0 Å². The second-order valence-electron chi connectivity index (χ2n) is 2.38. The monoisotopic (exact) mass is 254 g/mol. The fraction of sp³-hybridized carbons (Fsp3) is 0.143. The van der Waals surface area contributed by atoms with Crippen LogP contribution in [0.2, 0.25) is 0 Å². The van der Waals surface area contributed by atoms with Crippen molar-refractivity contribution in [2.45, 2.75) is 6.29 Å². The van der Waals surface area contributed by atoms with Crippen LogP contribution >= 0.6 is 15.9 Å². The lowest BCUT2D eigenvalue weighted by molar-refractivity contribution is -0.286. The molecule has 1 heterocycles. The number of fused-ring (bicyclic) bond motifs is 1. The van der Waals surface area contributed by atoms with Gasteiger partial charge < -0.3 is 9.47 Å². The average Bonchev–Trinajstić information content (AvgIpc) is 2.24. The van der Waals surface area contributed by atoms with Crippen molar-refractivity contribution in [3.05, 3.63) is 22.4 Å². The van der Waals surface area contributed by atoms with E-state index in [1.807, 2.05) is 0 Å². The lowest BCUT2D eigenvalue weighted by Crippen LogP contribution is -2.25. The normalized spacial score (nSPS) is 17.5. The molecule has 0 bridgehead atoms. The molecule has 2 rings (SSSR count). The summed E-state index contributed by atoms with van der Waals surface area (Å²) in [5.74, 6) is -1.16. The number of hydrogen-bond donors (Lipinski definition) is 0. The van der Waals surface area contributed by atoms with Gasteiger partial charge in [0.15, 0.2) is 11.5 Å². The molecule has 2 nitrogen and oxygen atoms in total. The van der Waals surface area contributed by atoms with Crippen LogP contribution in [0.3, 0.4) is 0 Å². The zero-order chi connectivity index (χ0) is 9.64. The summed E-state index contributed by atoms with van der Waals surface area (Å²) >= 11 is 2.83. The maximum atomic E-state index is 12.8. The highest BCUT2D eigenvalue weighted by Gasteiger charge is 2.43. The Labute approximate surface area is 79.4 Å². The molecule has 0 N–H and O–H groups in total. The summed E-state index contributed by atoms with van der Waals surface area (Å²) in [5.41, 5.74) is 0. The van der Waals surface area contributed by atoms with Crippen LogP contribution < -0.4 is 9.47 Å². The van der Waals surface area contributed by atoms with Crippen LogP contribution in [-0.2, 0) is 0 Å². The van der Waals surface area contributed by atoms with E-state index in [1.165, 1.54) is 0 Å². The van der Waals surface area contributed by atoms with Gasteiger partial charge in [-0.2, -0.15) is 0 Å². The van der Waals surface area contributed by atoms with Crippen LogP contribution in [0.1, 0.15) is 0 Å². The van der Waals surface area contributed by atoms with Crippen LogP contribution in [0.15, 0.2) is 16.6 Å². The number of alkyl halides is 2. The van der Waals surface area contributed by atoms with Gasteiger partial charge in [-0.3, -0.25) is 0 Å². The summed E-state index contributed by atoms with van der Waals surface area (Å²) in [4.78, 5) is 0. The van der Waals surface area contributed by atoms with E-state index >= 15 is 0 Å². The van der Waals surface area contributed by atoms with Crippen molar-refractivity contribution >= 4 is 15.9 Å². The summed E-state index contributed by atoms with van der Waals surface area (Å²) in [6, 6.07) is 1.92. The Kier molecular flexibility index (Phi) is 1.69. The predicted octanol–water partition coefficient (Wildman–Crippen LogP) is 2.91. The number of benzene rings is 1. The van der Waals surface area contributed by atoms with Crippen molar-refractivity contribution in [3.63, 3.8) is 0 Å². The molecule has 0 saturated heterocycles. The summed E-state index contributed by atoms with van der Waals surface area (Å²) in [6.07, 6.45) is -3.70. The van der Waals surface area contributed by atoms with Crippen LogP contribution in [0, 0.1) is 5.82 Å². The first-order chi connectivity index (χ1) is 5.98. The molecule has 0 aromatic heterocycles. The minimum Gasteiger partial charge on any atom is -0.395 e. The zero-order valence-corrected chi connectivity index (χ0v) is 7.57. The molecule has 0 fully saturated rings. The first-order valence-electron chi connectivity index (χ1n) is 3.23. The maximum absolute atomic E-state index is 12.8. The molecule has 1 aliphatic heterocycles. The molecular weight excluding hydrogens is 253 g/mol. The number of hydrogen-bond acceptors (Lipinski definition) is 2. The molecule has 70 valence electrons. The Morgan fingerprint density at radius 1 is 1.15 bits per heavy atom. The molecule has 0 aliphatic carbocycles. The topological polar surface area (TPSA) is 18.5 Å². The molecule has 0 unspecified atom stereocenters. The van der Waals surface area contributed by atoms with Gasteiger partial charge in [0.05, 0.1) is 4.47 Å². The van der Waals surface area contributed by atoms with Crippen molar-refractivity contribution < 1.29 is 22.6 Å². The fourth-order valence-electron chi connectivity index (χ4n) is 0.947. The molecular formula is C7H2BrF3O2. The molecule has 0 radical (unpaired) electrons. The van der Waals surface area contributed by atoms with E-state index in [1.54, 1.807) is 0 Å². The minimum atomic E-state index is -3.70. The molecule has 0 atom stereocenters. The first-order valence-corrected chi connectivity index (χ1v) is 4.02. The highest BCUT2D eigenvalue weighted by molar-refractivity contribution is 9.10. The predicted molar refractivity (Wildman–Crippen MR) is 40.3 cm³/mol. The van der Waals surface area contributed by atoms with Gasteiger partial charge in [-0.05, 0) is 15.9 Å². The van der Waals surface area contributed by atoms with E-state index in [4.69, 9.17) is 0 Å². The Bertz CT molecular complexity index is 334. The number of halogens is 4. The van der Waals surface area contributed by atoms with E-state index < -0.39 is 12.1 Å². The van der Waals surface area contributed by atoms with Gasteiger partial charge in [-0.1, -0.05) is 0 Å². The molecule has 1 aliphatic rings. The summed E-state index contributed by atoms with van der Waals surface area (Å²) in [7, 11) is 0. The van der Waals surface area contributed by atoms with Crippen molar-refractivity contribution in [2.75, 3.05) is 0 Å². The van der Waals surface area contributed by atoms with E-state index in [2.05, 4.69) is 25.4 Å².